The maximum Gasteiger partial charge on any atom is 0.313 e. The van der Waals surface area contributed by atoms with E-state index >= 15 is 0 Å². The van der Waals surface area contributed by atoms with Crippen LogP contribution in [0.3, 0.4) is 0 Å². The van der Waals surface area contributed by atoms with E-state index in [4.69, 9.17) is 15.2 Å². The average Bonchev–Trinajstić information content (AvgIpc) is 2.17. The topological polar surface area (TPSA) is 87.6 Å². The number of hydrogen-bond acceptors (Lipinski definition) is 5. The fourth-order valence-electron chi connectivity index (χ4n) is 1.45. The van der Waals surface area contributed by atoms with Crippen molar-refractivity contribution in [3.63, 3.8) is 0 Å². The summed E-state index contributed by atoms with van der Waals surface area (Å²) >= 11 is 0. The van der Waals surface area contributed by atoms with E-state index in [1.807, 2.05) is 0 Å². The minimum atomic E-state index is -0.540. The predicted molar refractivity (Wildman–Crippen MR) is 55.3 cm³/mol. The Balaban J connectivity index is 3.51. The van der Waals surface area contributed by atoms with Crippen molar-refractivity contribution in [1.29, 1.82) is 0 Å². The fraction of sp³-hybridized carbons (Fsp3) is 0.333. The normalized spacial score (nSPS) is 9.80. The molecule has 0 aliphatic carbocycles. The second-order valence-corrected chi connectivity index (χ2v) is 2.93. The third kappa shape index (κ3) is 1.78. The lowest BCUT2D eigenvalue weighted by molar-refractivity contribution is -0.385. The number of nitrogens with zero attached hydrogens (tertiary/aromatic N) is 1. The van der Waals surface area contributed by atoms with E-state index in [0.717, 1.165) is 0 Å². The van der Waals surface area contributed by atoms with Crippen LogP contribution in [0.25, 0.3) is 0 Å². The van der Waals surface area contributed by atoms with Gasteiger partial charge in [0.25, 0.3) is 0 Å². The molecule has 0 aliphatic heterocycles. The van der Waals surface area contributed by atoms with Crippen molar-refractivity contribution in [1.82, 2.24) is 0 Å². The highest BCUT2D eigenvalue weighted by atomic mass is 16.6. The molecule has 0 bridgehead atoms. The molecule has 0 heterocycles. The van der Waals surface area contributed by atoms with Crippen molar-refractivity contribution in [2.75, 3.05) is 20.0 Å². The van der Waals surface area contributed by atoms with Crippen LogP contribution < -0.4 is 15.2 Å². The van der Waals surface area contributed by atoms with Gasteiger partial charge >= 0.3 is 5.69 Å². The predicted octanol–water partition coefficient (Wildman–Crippen LogP) is 1.50. The SMILES string of the molecule is COc1c(N)cc([N+](=O)[O-])c(OC)c1C. The van der Waals surface area contributed by atoms with Crippen molar-refractivity contribution in [2.45, 2.75) is 6.92 Å². The number of benzene rings is 1. The summed E-state index contributed by atoms with van der Waals surface area (Å²) in [6.45, 7) is 1.65. The Hall–Kier alpha value is -1.98. The standard InChI is InChI=1S/C9H12N2O4/c1-5-8(14-2)6(10)4-7(11(12)13)9(5)15-3/h4H,10H2,1-3H3. The number of anilines is 1. The van der Waals surface area contributed by atoms with Gasteiger partial charge in [-0.15, -0.1) is 0 Å². The summed E-state index contributed by atoms with van der Waals surface area (Å²) in [7, 11) is 2.81. The highest BCUT2D eigenvalue weighted by molar-refractivity contribution is 5.69. The molecular weight excluding hydrogens is 200 g/mol. The smallest absolute Gasteiger partial charge is 0.313 e. The molecule has 0 unspecified atom stereocenters. The van der Waals surface area contributed by atoms with Crippen LogP contribution in [0.5, 0.6) is 11.5 Å². The van der Waals surface area contributed by atoms with E-state index in [1.165, 1.54) is 20.3 Å². The van der Waals surface area contributed by atoms with E-state index in [0.29, 0.717) is 11.3 Å². The molecule has 6 heteroatoms. The van der Waals surface area contributed by atoms with Crippen molar-refractivity contribution < 1.29 is 14.4 Å². The van der Waals surface area contributed by atoms with Crippen molar-refractivity contribution >= 4 is 11.4 Å². The number of nitro benzene ring substituents is 1. The zero-order valence-corrected chi connectivity index (χ0v) is 8.73. The van der Waals surface area contributed by atoms with Gasteiger partial charge in [-0.3, -0.25) is 10.1 Å². The minimum Gasteiger partial charge on any atom is -0.494 e. The second-order valence-electron chi connectivity index (χ2n) is 2.93. The van der Waals surface area contributed by atoms with Crippen molar-refractivity contribution in [2.24, 2.45) is 0 Å². The molecule has 1 aromatic rings. The molecule has 0 fully saturated rings. The molecule has 0 atom stereocenters. The molecule has 6 nitrogen and oxygen atoms in total. The summed E-state index contributed by atoms with van der Waals surface area (Å²) in [5.41, 5.74) is 6.19. The summed E-state index contributed by atoms with van der Waals surface area (Å²) < 4.78 is 9.98. The molecule has 1 rings (SSSR count). The number of nitro groups is 1. The Labute approximate surface area is 86.7 Å². The minimum absolute atomic E-state index is 0.159. The third-order valence-electron chi connectivity index (χ3n) is 2.07. The zero-order chi connectivity index (χ0) is 11.6. The molecule has 1 aromatic carbocycles. The van der Waals surface area contributed by atoms with E-state index in [9.17, 15) is 10.1 Å². The van der Waals surface area contributed by atoms with E-state index in [-0.39, 0.29) is 17.1 Å². The number of methoxy groups -OCH3 is 2. The van der Waals surface area contributed by atoms with Gasteiger partial charge in [0, 0.05) is 11.6 Å². The maximum atomic E-state index is 10.7. The number of ether oxygens (including phenoxy) is 2. The first kappa shape index (κ1) is 11.1. The third-order valence-corrected chi connectivity index (χ3v) is 2.07. The summed E-state index contributed by atoms with van der Waals surface area (Å²) in [4.78, 5) is 10.2. The Bertz CT molecular complexity index is 404. The summed E-state index contributed by atoms with van der Waals surface area (Å²) in [6, 6.07) is 1.23. The van der Waals surface area contributed by atoms with Crippen molar-refractivity contribution in [3.8, 4) is 11.5 Å². The van der Waals surface area contributed by atoms with Gasteiger partial charge in [-0.2, -0.15) is 0 Å². The molecule has 0 radical (unpaired) electrons. The van der Waals surface area contributed by atoms with Crippen LogP contribution >= 0.6 is 0 Å². The van der Waals surface area contributed by atoms with Gasteiger partial charge in [-0.1, -0.05) is 0 Å². The highest BCUT2D eigenvalue weighted by Gasteiger charge is 2.22. The molecule has 2 N–H and O–H groups in total. The Morgan fingerprint density at radius 2 is 1.87 bits per heavy atom. The van der Waals surface area contributed by atoms with Crippen molar-refractivity contribution in [3.05, 3.63) is 21.7 Å². The summed E-state index contributed by atoms with van der Waals surface area (Å²) in [6.07, 6.45) is 0. The fourth-order valence-corrected chi connectivity index (χ4v) is 1.45. The van der Waals surface area contributed by atoms with Crippen LogP contribution in [0.2, 0.25) is 0 Å². The maximum absolute atomic E-state index is 10.7. The van der Waals surface area contributed by atoms with Crippen LogP contribution in [-0.2, 0) is 0 Å². The first-order valence-corrected chi connectivity index (χ1v) is 4.18. The quantitative estimate of drug-likeness (QED) is 0.466. The van der Waals surface area contributed by atoms with Gasteiger partial charge in [0.1, 0.15) is 5.75 Å². The highest BCUT2D eigenvalue weighted by Crippen LogP contribution is 2.40. The van der Waals surface area contributed by atoms with Crippen LogP contribution in [0.1, 0.15) is 5.56 Å². The summed E-state index contributed by atoms with van der Waals surface area (Å²) in [5, 5.41) is 10.7. The second kappa shape index (κ2) is 4.04. The van der Waals surface area contributed by atoms with Crippen LogP contribution in [0, 0.1) is 17.0 Å². The van der Waals surface area contributed by atoms with Gasteiger partial charge in [-0.05, 0) is 6.92 Å². The monoisotopic (exact) mass is 212 g/mol. The molecule has 0 aromatic heterocycles. The number of hydrogen-bond donors (Lipinski definition) is 1. The number of nitrogens with two attached hydrogens (primary N) is 1. The van der Waals surface area contributed by atoms with Crippen LogP contribution in [-0.4, -0.2) is 19.1 Å². The Morgan fingerprint density at radius 1 is 1.33 bits per heavy atom. The van der Waals surface area contributed by atoms with Crippen LogP contribution in [0.4, 0.5) is 11.4 Å². The lowest BCUT2D eigenvalue weighted by Gasteiger charge is -2.11. The van der Waals surface area contributed by atoms with Gasteiger partial charge in [0.05, 0.1) is 24.8 Å². The Kier molecular flexibility index (Phi) is 2.99. The van der Waals surface area contributed by atoms with E-state index in [1.54, 1.807) is 6.92 Å². The summed E-state index contributed by atoms with van der Waals surface area (Å²) in [5.74, 6) is 0.573. The van der Waals surface area contributed by atoms with Gasteiger partial charge < -0.3 is 15.2 Å². The number of nitrogen functional groups attached to an aromatic ring is 1. The molecule has 0 saturated carbocycles. The molecular formula is C9H12N2O4. The van der Waals surface area contributed by atoms with Gasteiger partial charge in [0.15, 0.2) is 0 Å². The molecule has 82 valence electrons. The van der Waals surface area contributed by atoms with Crippen LogP contribution in [0.15, 0.2) is 6.07 Å². The van der Waals surface area contributed by atoms with Gasteiger partial charge in [0.2, 0.25) is 5.75 Å². The average molecular weight is 212 g/mol. The molecule has 0 saturated heterocycles. The zero-order valence-electron chi connectivity index (χ0n) is 8.73. The van der Waals surface area contributed by atoms with E-state index in [2.05, 4.69) is 0 Å². The lowest BCUT2D eigenvalue weighted by Crippen LogP contribution is -2.01. The van der Waals surface area contributed by atoms with E-state index < -0.39 is 4.92 Å². The first-order chi connectivity index (χ1) is 7.02. The largest absolute Gasteiger partial charge is 0.494 e. The van der Waals surface area contributed by atoms with Gasteiger partial charge in [-0.25, -0.2) is 0 Å². The molecule has 0 aliphatic rings. The Morgan fingerprint density at radius 3 is 2.27 bits per heavy atom. The molecule has 0 amide bonds. The molecule has 15 heavy (non-hydrogen) atoms. The lowest BCUT2D eigenvalue weighted by atomic mass is 10.1. The number of rotatable bonds is 3. The first-order valence-electron chi connectivity index (χ1n) is 4.18. The molecule has 0 spiro atoms.